The van der Waals surface area contributed by atoms with Crippen molar-refractivity contribution in [3.05, 3.63) is 65.5 Å². The fourth-order valence-electron chi connectivity index (χ4n) is 3.13. The highest BCUT2D eigenvalue weighted by atomic mass is 32.2. The second-order valence-electron chi connectivity index (χ2n) is 7.01. The predicted octanol–water partition coefficient (Wildman–Crippen LogP) is 1.74. The Balaban J connectivity index is 1.55. The molecule has 0 unspecified atom stereocenters. The number of aromatic nitrogens is 2. The maximum atomic E-state index is 12.7. The Morgan fingerprint density at radius 2 is 1.84 bits per heavy atom. The van der Waals surface area contributed by atoms with E-state index in [4.69, 9.17) is 5.73 Å². The van der Waals surface area contributed by atoms with Crippen molar-refractivity contribution in [3.63, 3.8) is 0 Å². The number of benzene rings is 2. The maximum absolute atomic E-state index is 12.7. The lowest BCUT2D eigenvalue weighted by atomic mass is 10.0. The molecule has 2 amide bonds. The molecular weight excluding hydrogens is 432 g/mol. The lowest BCUT2D eigenvalue weighted by Gasteiger charge is -2.10. The zero-order valence-electron chi connectivity index (χ0n) is 16.9. The Kier molecular flexibility index (Phi) is 5.41. The summed E-state index contributed by atoms with van der Waals surface area (Å²) >= 11 is 0. The molecule has 1 aromatic heterocycles. The Morgan fingerprint density at radius 1 is 1.09 bits per heavy atom. The summed E-state index contributed by atoms with van der Waals surface area (Å²) in [4.78, 5) is 36.4. The molecule has 0 saturated carbocycles. The quantitative estimate of drug-likeness (QED) is 0.534. The van der Waals surface area contributed by atoms with Gasteiger partial charge in [0, 0.05) is 24.4 Å². The highest BCUT2D eigenvalue weighted by molar-refractivity contribution is 7.90. The fourth-order valence-corrected chi connectivity index (χ4v) is 4.12. The van der Waals surface area contributed by atoms with E-state index in [1.165, 1.54) is 30.5 Å². The van der Waals surface area contributed by atoms with Crippen LogP contribution in [-0.4, -0.2) is 36.4 Å². The third kappa shape index (κ3) is 4.32. The van der Waals surface area contributed by atoms with Crippen LogP contribution in [0.3, 0.4) is 0 Å². The zero-order chi connectivity index (χ0) is 22.9. The maximum Gasteiger partial charge on any atom is 0.278 e. The van der Waals surface area contributed by atoms with E-state index in [1.807, 2.05) is 22.9 Å². The summed E-state index contributed by atoms with van der Waals surface area (Å²) in [6, 6.07) is 11.0. The molecule has 1 aliphatic rings. The predicted molar refractivity (Wildman–Crippen MR) is 119 cm³/mol. The Hall–Kier alpha value is -4.12. The summed E-state index contributed by atoms with van der Waals surface area (Å²) in [5.74, 6) is -1.34. The van der Waals surface area contributed by atoms with Gasteiger partial charge in [-0.15, -0.1) is 0 Å². The molecule has 10 nitrogen and oxygen atoms in total. The first-order valence-corrected chi connectivity index (χ1v) is 10.9. The number of nitrogens with zero attached hydrogens (tertiary/aromatic N) is 3. The first-order chi connectivity index (χ1) is 15.2. The van der Waals surface area contributed by atoms with Crippen LogP contribution >= 0.6 is 0 Å². The number of aliphatic imine (C=N–C) groups is 1. The molecule has 0 radical (unpaired) electrons. The van der Waals surface area contributed by atoms with Crippen LogP contribution in [0.2, 0.25) is 0 Å². The van der Waals surface area contributed by atoms with E-state index < -0.39 is 21.8 Å². The van der Waals surface area contributed by atoms with Gasteiger partial charge in [0.15, 0.2) is 11.5 Å². The van der Waals surface area contributed by atoms with Crippen LogP contribution < -0.4 is 15.8 Å². The number of carbonyl (C=O) groups is 2. The van der Waals surface area contributed by atoms with E-state index >= 15 is 0 Å². The van der Waals surface area contributed by atoms with E-state index in [2.05, 4.69) is 20.3 Å². The van der Waals surface area contributed by atoms with Crippen LogP contribution in [0.1, 0.15) is 28.5 Å². The minimum absolute atomic E-state index is 0.0411. The normalized spacial score (nSPS) is 12.3. The van der Waals surface area contributed by atoms with Crippen molar-refractivity contribution >= 4 is 39.6 Å². The van der Waals surface area contributed by atoms with Gasteiger partial charge >= 0.3 is 0 Å². The SMILES string of the molecule is CC(=O)NS(=O)(=O)c1ccc(NC(=O)c2nc(-c3ccc4c(c3)CN=C4)cnc2N)cc1. The second kappa shape index (κ2) is 8.19. The molecule has 4 N–H and O–H groups in total. The van der Waals surface area contributed by atoms with Crippen molar-refractivity contribution < 1.29 is 18.0 Å². The molecule has 0 spiro atoms. The van der Waals surface area contributed by atoms with Crippen LogP contribution in [-0.2, 0) is 21.4 Å². The largest absolute Gasteiger partial charge is 0.382 e. The van der Waals surface area contributed by atoms with Gasteiger partial charge in [-0.3, -0.25) is 14.6 Å². The average molecular weight is 450 g/mol. The van der Waals surface area contributed by atoms with Crippen LogP contribution in [0.15, 0.2) is 58.5 Å². The molecule has 3 aromatic rings. The summed E-state index contributed by atoms with van der Waals surface area (Å²) < 4.78 is 25.9. The molecule has 0 aliphatic carbocycles. The average Bonchev–Trinajstić information content (AvgIpc) is 3.21. The number of hydrogen-bond acceptors (Lipinski definition) is 8. The number of amides is 2. The van der Waals surface area contributed by atoms with Crippen LogP contribution in [0.25, 0.3) is 11.3 Å². The Labute approximate surface area is 183 Å². The van der Waals surface area contributed by atoms with Gasteiger partial charge in [0.2, 0.25) is 5.91 Å². The molecule has 11 heteroatoms. The van der Waals surface area contributed by atoms with Gasteiger partial charge in [-0.2, -0.15) is 0 Å². The first kappa shape index (κ1) is 21.1. The van der Waals surface area contributed by atoms with Gasteiger partial charge in [-0.05, 0) is 41.5 Å². The minimum atomic E-state index is -3.97. The molecule has 32 heavy (non-hydrogen) atoms. The van der Waals surface area contributed by atoms with Gasteiger partial charge in [-0.25, -0.2) is 23.1 Å². The van der Waals surface area contributed by atoms with Gasteiger partial charge in [0.05, 0.1) is 23.3 Å². The molecule has 2 aromatic carbocycles. The highest BCUT2D eigenvalue weighted by Crippen LogP contribution is 2.24. The number of rotatable bonds is 5. The van der Waals surface area contributed by atoms with Gasteiger partial charge in [-0.1, -0.05) is 12.1 Å². The monoisotopic (exact) mass is 450 g/mol. The van der Waals surface area contributed by atoms with E-state index in [1.54, 1.807) is 6.21 Å². The van der Waals surface area contributed by atoms with Crippen molar-refractivity contribution in [1.82, 2.24) is 14.7 Å². The smallest absolute Gasteiger partial charge is 0.278 e. The number of nitrogens with one attached hydrogen (secondary N) is 2. The van der Waals surface area contributed by atoms with E-state index in [9.17, 15) is 18.0 Å². The highest BCUT2D eigenvalue weighted by Gasteiger charge is 2.18. The number of carbonyl (C=O) groups excluding carboxylic acids is 2. The molecule has 162 valence electrons. The second-order valence-corrected chi connectivity index (χ2v) is 8.70. The minimum Gasteiger partial charge on any atom is -0.382 e. The standard InChI is InChI=1S/C21H18N6O4S/c1-12(28)27-32(30,31)17-6-4-16(5-7-17)25-21(29)19-20(22)24-11-18(26-19)13-2-3-14-9-23-10-15(14)8-13/h2-9,11H,10H2,1H3,(H2,22,24)(H,25,29)(H,27,28). The van der Waals surface area contributed by atoms with Crippen molar-refractivity contribution in [2.45, 2.75) is 18.4 Å². The van der Waals surface area contributed by atoms with E-state index in [-0.39, 0.29) is 16.4 Å². The Bertz CT molecular complexity index is 1370. The summed E-state index contributed by atoms with van der Waals surface area (Å²) in [5.41, 5.74) is 9.48. The fraction of sp³-hybridized carbons (Fsp3) is 0.0952. The number of hydrogen-bond donors (Lipinski definition) is 3. The summed E-state index contributed by atoms with van der Waals surface area (Å²) in [6.07, 6.45) is 3.30. The molecule has 0 atom stereocenters. The third-order valence-corrected chi connectivity index (χ3v) is 6.10. The number of nitrogens with two attached hydrogens (primary N) is 1. The Morgan fingerprint density at radius 3 is 2.56 bits per heavy atom. The van der Waals surface area contributed by atoms with E-state index in [0.29, 0.717) is 17.9 Å². The number of sulfonamides is 1. The van der Waals surface area contributed by atoms with Crippen LogP contribution in [0.4, 0.5) is 11.5 Å². The molecule has 0 saturated heterocycles. The lowest BCUT2D eigenvalue weighted by Crippen LogP contribution is -2.28. The van der Waals surface area contributed by atoms with Gasteiger partial charge in [0.1, 0.15) is 0 Å². The van der Waals surface area contributed by atoms with Crippen molar-refractivity contribution in [2.24, 2.45) is 4.99 Å². The van der Waals surface area contributed by atoms with Crippen molar-refractivity contribution in [1.29, 1.82) is 0 Å². The van der Waals surface area contributed by atoms with Gasteiger partial charge < -0.3 is 11.1 Å². The molecule has 0 fully saturated rings. The zero-order valence-corrected chi connectivity index (χ0v) is 17.7. The van der Waals surface area contributed by atoms with Crippen molar-refractivity contribution in [3.8, 4) is 11.3 Å². The van der Waals surface area contributed by atoms with Crippen LogP contribution in [0.5, 0.6) is 0 Å². The molecule has 1 aliphatic heterocycles. The molecule has 2 heterocycles. The van der Waals surface area contributed by atoms with Crippen LogP contribution in [0, 0.1) is 0 Å². The lowest BCUT2D eigenvalue weighted by molar-refractivity contribution is -0.117. The number of anilines is 2. The summed E-state index contributed by atoms with van der Waals surface area (Å²) in [7, 11) is -3.97. The summed E-state index contributed by atoms with van der Waals surface area (Å²) in [6.45, 7) is 1.69. The number of fused-ring (bicyclic) bond motifs is 1. The molecule has 0 bridgehead atoms. The van der Waals surface area contributed by atoms with Gasteiger partial charge in [0.25, 0.3) is 15.9 Å². The topological polar surface area (TPSA) is 157 Å². The third-order valence-electron chi connectivity index (χ3n) is 4.65. The van der Waals surface area contributed by atoms with Crippen molar-refractivity contribution in [2.75, 3.05) is 11.1 Å². The number of nitrogen functional groups attached to an aromatic ring is 1. The molecular formula is C21H18N6O4S. The molecule has 4 rings (SSSR count). The first-order valence-electron chi connectivity index (χ1n) is 9.43. The summed E-state index contributed by atoms with van der Waals surface area (Å²) in [5, 5.41) is 2.62. The van der Waals surface area contributed by atoms with E-state index in [0.717, 1.165) is 23.6 Å².